The van der Waals surface area contributed by atoms with Gasteiger partial charge in [-0.25, -0.2) is 4.98 Å². The molecule has 4 heteroatoms. The van der Waals surface area contributed by atoms with Crippen molar-refractivity contribution in [3.05, 3.63) is 12.4 Å². The molecule has 0 spiro atoms. The van der Waals surface area contributed by atoms with Gasteiger partial charge in [0.25, 0.3) is 0 Å². The second kappa shape index (κ2) is 7.41. The molecule has 1 aromatic heterocycles. The van der Waals surface area contributed by atoms with E-state index in [1.54, 1.807) is 0 Å². The normalized spacial score (nSPS) is 16.3. The lowest BCUT2D eigenvalue weighted by molar-refractivity contribution is 0.325. The molecule has 4 nitrogen and oxygen atoms in total. The number of aryl methyl sites for hydroxylation is 1. The van der Waals surface area contributed by atoms with Gasteiger partial charge in [-0.15, -0.1) is 0 Å². The molecular formula is C14H26N4. The summed E-state index contributed by atoms with van der Waals surface area (Å²) in [7, 11) is 0. The standard InChI is InChI=1S/C14H26N4/c1-2-3-7-15-14-16-8-13-18(14)12-6-11-17-9-4-5-10-17/h8,13H,2-7,9-12H2,1H3,(H,15,16). The van der Waals surface area contributed by atoms with Gasteiger partial charge in [0, 0.05) is 25.5 Å². The third-order valence-corrected chi connectivity index (χ3v) is 3.60. The second-order valence-electron chi connectivity index (χ2n) is 5.13. The van der Waals surface area contributed by atoms with E-state index >= 15 is 0 Å². The van der Waals surface area contributed by atoms with Crippen LogP contribution in [-0.4, -0.2) is 40.6 Å². The molecule has 1 saturated heterocycles. The first-order chi connectivity index (χ1) is 8.90. The first kappa shape index (κ1) is 13.4. The maximum atomic E-state index is 4.38. The zero-order valence-electron chi connectivity index (χ0n) is 11.6. The van der Waals surface area contributed by atoms with Crippen LogP contribution in [0.3, 0.4) is 0 Å². The molecule has 0 amide bonds. The summed E-state index contributed by atoms with van der Waals surface area (Å²) in [6, 6.07) is 0. The summed E-state index contributed by atoms with van der Waals surface area (Å²) >= 11 is 0. The van der Waals surface area contributed by atoms with Crippen LogP contribution in [0.5, 0.6) is 0 Å². The Bertz CT molecular complexity index is 328. The van der Waals surface area contributed by atoms with Crippen molar-refractivity contribution in [3.63, 3.8) is 0 Å². The van der Waals surface area contributed by atoms with E-state index in [4.69, 9.17) is 0 Å². The first-order valence-electron chi connectivity index (χ1n) is 7.37. The number of unbranched alkanes of at least 4 members (excludes halogenated alkanes) is 1. The van der Waals surface area contributed by atoms with Gasteiger partial charge in [-0.1, -0.05) is 13.3 Å². The van der Waals surface area contributed by atoms with E-state index in [0.29, 0.717) is 0 Å². The smallest absolute Gasteiger partial charge is 0.202 e. The van der Waals surface area contributed by atoms with Crippen LogP contribution in [-0.2, 0) is 6.54 Å². The van der Waals surface area contributed by atoms with Crippen LogP contribution in [0.1, 0.15) is 39.0 Å². The fraction of sp³-hybridized carbons (Fsp3) is 0.786. The SMILES string of the molecule is CCCCNc1nccn1CCCN1CCCC1. The van der Waals surface area contributed by atoms with Gasteiger partial charge in [-0.3, -0.25) is 0 Å². The summed E-state index contributed by atoms with van der Waals surface area (Å²) in [6.45, 7) is 8.14. The average Bonchev–Trinajstić information content (AvgIpc) is 3.02. The van der Waals surface area contributed by atoms with Gasteiger partial charge in [0.2, 0.25) is 5.95 Å². The number of hydrogen-bond donors (Lipinski definition) is 1. The van der Waals surface area contributed by atoms with Crippen molar-refractivity contribution in [1.82, 2.24) is 14.5 Å². The van der Waals surface area contributed by atoms with Gasteiger partial charge in [-0.2, -0.15) is 0 Å². The van der Waals surface area contributed by atoms with Crippen LogP contribution >= 0.6 is 0 Å². The lowest BCUT2D eigenvalue weighted by atomic mass is 10.3. The van der Waals surface area contributed by atoms with E-state index in [2.05, 4.69) is 32.9 Å². The van der Waals surface area contributed by atoms with Gasteiger partial charge < -0.3 is 14.8 Å². The van der Waals surface area contributed by atoms with Crippen molar-refractivity contribution in [2.45, 2.75) is 45.6 Å². The van der Waals surface area contributed by atoms with E-state index in [9.17, 15) is 0 Å². The highest BCUT2D eigenvalue weighted by atomic mass is 15.2. The Morgan fingerprint density at radius 1 is 1.22 bits per heavy atom. The van der Waals surface area contributed by atoms with Gasteiger partial charge >= 0.3 is 0 Å². The van der Waals surface area contributed by atoms with E-state index in [1.165, 1.54) is 51.7 Å². The van der Waals surface area contributed by atoms with Gasteiger partial charge in [-0.05, 0) is 45.3 Å². The molecule has 0 radical (unpaired) electrons. The second-order valence-corrected chi connectivity index (χ2v) is 5.13. The maximum Gasteiger partial charge on any atom is 0.202 e. The van der Waals surface area contributed by atoms with Crippen LogP contribution in [0.4, 0.5) is 5.95 Å². The van der Waals surface area contributed by atoms with Crippen molar-refractivity contribution in [3.8, 4) is 0 Å². The van der Waals surface area contributed by atoms with Crippen molar-refractivity contribution in [2.75, 3.05) is 31.5 Å². The molecule has 0 aromatic carbocycles. The summed E-state index contributed by atoms with van der Waals surface area (Å²) in [5.74, 6) is 1.03. The molecule has 1 aliphatic rings. The van der Waals surface area contributed by atoms with Crippen molar-refractivity contribution < 1.29 is 0 Å². The molecule has 1 aromatic rings. The molecule has 102 valence electrons. The topological polar surface area (TPSA) is 33.1 Å². The summed E-state index contributed by atoms with van der Waals surface area (Å²) in [5.41, 5.74) is 0. The van der Waals surface area contributed by atoms with E-state index in [1.807, 2.05) is 6.20 Å². The largest absolute Gasteiger partial charge is 0.356 e. The molecule has 2 heterocycles. The Balaban J connectivity index is 1.69. The van der Waals surface area contributed by atoms with Crippen LogP contribution in [0.25, 0.3) is 0 Å². The Hall–Kier alpha value is -1.03. The number of anilines is 1. The molecule has 1 N–H and O–H groups in total. The first-order valence-corrected chi connectivity index (χ1v) is 7.37. The van der Waals surface area contributed by atoms with E-state index < -0.39 is 0 Å². The third kappa shape index (κ3) is 4.02. The number of nitrogens with zero attached hydrogens (tertiary/aromatic N) is 3. The minimum Gasteiger partial charge on any atom is -0.356 e. The highest BCUT2D eigenvalue weighted by Gasteiger charge is 2.10. The average molecular weight is 250 g/mol. The number of nitrogens with one attached hydrogen (secondary N) is 1. The zero-order valence-corrected chi connectivity index (χ0v) is 11.6. The van der Waals surface area contributed by atoms with Gasteiger partial charge in [0.05, 0.1) is 0 Å². The maximum absolute atomic E-state index is 4.38. The Morgan fingerprint density at radius 2 is 2.06 bits per heavy atom. The molecular weight excluding hydrogens is 224 g/mol. The van der Waals surface area contributed by atoms with Gasteiger partial charge in [0.1, 0.15) is 0 Å². The van der Waals surface area contributed by atoms with Crippen molar-refractivity contribution >= 4 is 5.95 Å². The molecule has 1 aliphatic heterocycles. The quantitative estimate of drug-likeness (QED) is 0.720. The summed E-state index contributed by atoms with van der Waals surface area (Å²) < 4.78 is 2.24. The zero-order chi connectivity index (χ0) is 12.6. The van der Waals surface area contributed by atoms with Crippen LogP contribution in [0.2, 0.25) is 0 Å². The molecule has 18 heavy (non-hydrogen) atoms. The van der Waals surface area contributed by atoms with Gasteiger partial charge in [0.15, 0.2) is 0 Å². The Kier molecular flexibility index (Phi) is 5.52. The number of rotatable bonds is 8. The molecule has 0 atom stereocenters. The predicted octanol–water partition coefficient (Wildman–Crippen LogP) is 2.58. The van der Waals surface area contributed by atoms with Crippen LogP contribution < -0.4 is 5.32 Å². The molecule has 0 aliphatic carbocycles. The third-order valence-electron chi connectivity index (χ3n) is 3.60. The number of hydrogen-bond acceptors (Lipinski definition) is 3. The van der Waals surface area contributed by atoms with Crippen molar-refractivity contribution in [2.24, 2.45) is 0 Å². The van der Waals surface area contributed by atoms with Crippen LogP contribution in [0, 0.1) is 0 Å². The van der Waals surface area contributed by atoms with Crippen molar-refractivity contribution in [1.29, 1.82) is 0 Å². The molecule has 2 rings (SSSR count). The lowest BCUT2D eigenvalue weighted by Crippen LogP contribution is -2.21. The fourth-order valence-electron chi connectivity index (χ4n) is 2.50. The molecule has 1 fully saturated rings. The van der Waals surface area contributed by atoms with Crippen LogP contribution in [0.15, 0.2) is 12.4 Å². The summed E-state index contributed by atoms with van der Waals surface area (Å²) in [4.78, 5) is 6.95. The number of imidazole rings is 1. The summed E-state index contributed by atoms with van der Waals surface area (Å²) in [6.07, 6.45) is 10.4. The highest BCUT2D eigenvalue weighted by Crippen LogP contribution is 2.10. The summed E-state index contributed by atoms with van der Waals surface area (Å²) in [5, 5.41) is 3.41. The highest BCUT2D eigenvalue weighted by molar-refractivity contribution is 5.25. The Morgan fingerprint density at radius 3 is 2.83 bits per heavy atom. The minimum atomic E-state index is 1.03. The van der Waals surface area contributed by atoms with E-state index in [-0.39, 0.29) is 0 Å². The number of aromatic nitrogens is 2. The lowest BCUT2D eigenvalue weighted by Gasteiger charge is -2.15. The monoisotopic (exact) mass is 250 g/mol. The minimum absolute atomic E-state index is 1.03. The molecule has 0 bridgehead atoms. The molecule has 0 saturated carbocycles. The number of likely N-dealkylation sites (tertiary alicyclic amines) is 1. The van der Waals surface area contributed by atoms with E-state index in [0.717, 1.165) is 19.0 Å². The fourth-order valence-corrected chi connectivity index (χ4v) is 2.50. The Labute approximate surface area is 110 Å². The molecule has 0 unspecified atom stereocenters. The predicted molar refractivity (Wildman–Crippen MR) is 75.9 cm³/mol.